The number of hydrogen-bond donors (Lipinski definition) is 1. The van der Waals surface area contributed by atoms with Gasteiger partial charge >= 0.3 is 0 Å². The van der Waals surface area contributed by atoms with Gasteiger partial charge in [0.2, 0.25) is 0 Å². The Labute approximate surface area is 124 Å². The molecule has 2 N–H and O–H groups in total. The van der Waals surface area contributed by atoms with Gasteiger partial charge in [-0.05, 0) is 24.0 Å². The van der Waals surface area contributed by atoms with Crippen LogP contribution < -0.4 is 5.14 Å². The zero-order valence-electron chi connectivity index (χ0n) is 12.0. The lowest BCUT2D eigenvalue weighted by Gasteiger charge is -2.30. The van der Waals surface area contributed by atoms with Crippen LogP contribution >= 0.6 is 0 Å². The maximum Gasteiger partial charge on any atom is 0.257 e. The summed E-state index contributed by atoms with van der Waals surface area (Å²) in [7, 11) is -3.74. The summed E-state index contributed by atoms with van der Waals surface area (Å²) >= 11 is 0. The standard InChI is InChI=1S/C15H19N3O2S/c1-2-5-14-17-15(21(16,19)20)10-18(14)9-12-8-11-6-3-4-7-13(11)12/h3-4,6-7,10,12H,2,5,8-9H2,1H3,(H2,16,19,20). The van der Waals surface area contributed by atoms with Gasteiger partial charge in [-0.1, -0.05) is 31.2 Å². The van der Waals surface area contributed by atoms with Crippen molar-refractivity contribution in [2.75, 3.05) is 0 Å². The van der Waals surface area contributed by atoms with Gasteiger partial charge in [0.05, 0.1) is 0 Å². The third-order valence-corrected chi connectivity index (χ3v) is 4.76. The molecule has 0 saturated heterocycles. The molecule has 0 spiro atoms. The minimum atomic E-state index is -3.74. The molecule has 0 saturated carbocycles. The van der Waals surface area contributed by atoms with E-state index in [2.05, 4.69) is 17.1 Å². The summed E-state index contributed by atoms with van der Waals surface area (Å²) < 4.78 is 24.9. The predicted octanol–water partition coefficient (Wildman–Crippen LogP) is 1.82. The molecule has 0 bridgehead atoms. The molecule has 1 aromatic carbocycles. The minimum absolute atomic E-state index is 0.0291. The largest absolute Gasteiger partial charge is 0.333 e. The molecular weight excluding hydrogens is 286 g/mol. The van der Waals surface area contributed by atoms with Gasteiger partial charge in [-0.3, -0.25) is 0 Å². The van der Waals surface area contributed by atoms with Crippen LogP contribution in [0.3, 0.4) is 0 Å². The van der Waals surface area contributed by atoms with Crippen molar-refractivity contribution >= 4 is 10.0 Å². The fourth-order valence-electron chi connectivity index (χ4n) is 2.91. The van der Waals surface area contributed by atoms with E-state index < -0.39 is 10.0 Å². The molecule has 1 unspecified atom stereocenters. The summed E-state index contributed by atoms with van der Waals surface area (Å²) in [5, 5.41) is 5.16. The van der Waals surface area contributed by atoms with Crippen molar-refractivity contribution < 1.29 is 8.42 Å². The predicted molar refractivity (Wildman–Crippen MR) is 80.5 cm³/mol. The number of aryl methyl sites for hydroxylation is 1. The zero-order valence-corrected chi connectivity index (χ0v) is 12.8. The fourth-order valence-corrected chi connectivity index (χ4v) is 3.42. The number of rotatable bonds is 5. The molecule has 1 aromatic heterocycles. The van der Waals surface area contributed by atoms with Gasteiger partial charge in [0.1, 0.15) is 5.82 Å². The number of nitrogens with zero attached hydrogens (tertiary/aromatic N) is 2. The van der Waals surface area contributed by atoms with Crippen LogP contribution in [-0.2, 0) is 29.4 Å². The topological polar surface area (TPSA) is 78.0 Å². The summed E-state index contributed by atoms with van der Waals surface area (Å²) in [6.07, 6.45) is 4.28. The SMILES string of the molecule is CCCc1nc(S(N)(=O)=O)cn1CC1Cc2ccccc21. The summed E-state index contributed by atoms with van der Waals surface area (Å²) in [6.45, 7) is 2.81. The average Bonchev–Trinajstić information content (AvgIpc) is 2.80. The number of nitrogens with two attached hydrogens (primary N) is 1. The maximum atomic E-state index is 11.5. The van der Waals surface area contributed by atoms with E-state index in [1.165, 1.54) is 11.1 Å². The molecule has 2 aromatic rings. The molecule has 112 valence electrons. The van der Waals surface area contributed by atoms with Gasteiger partial charge in [0.15, 0.2) is 5.03 Å². The number of hydrogen-bond acceptors (Lipinski definition) is 3. The summed E-state index contributed by atoms with van der Waals surface area (Å²) in [4.78, 5) is 4.19. The fraction of sp³-hybridized carbons (Fsp3) is 0.400. The first-order valence-corrected chi connectivity index (χ1v) is 8.70. The van der Waals surface area contributed by atoms with Gasteiger partial charge in [-0.25, -0.2) is 18.5 Å². The van der Waals surface area contributed by atoms with Gasteiger partial charge in [-0.2, -0.15) is 0 Å². The molecule has 1 aliphatic carbocycles. The van der Waals surface area contributed by atoms with Crippen LogP contribution in [0.1, 0.15) is 36.2 Å². The maximum absolute atomic E-state index is 11.5. The monoisotopic (exact) mass is 305 g/mol. The lowest BCUT2D eigenvalue weighted by atomic mass is 9.77. The van der Waals surface area contributed by atoms with E-state index in [1.807, 2.05) is 23.6 Å². The quantitative estimate of drug-likeness (QED) is 0.915. The number of benzene rings is 1. The van der Waals surface area contributed by atoms with Crippen molar-refractivity contribution in [1.29, 1.82) is 0 Å². The lowest BCUT2D eigenvalue weighted by molar-refractivity contribution is 0.494. The summed E-state index contributed by atoms with van der Waals surface area (Å²) in [5.74, 6) is 1.23. The van der Waals surface area contributed by atoms with Crippen LogP contribution in [0.4, 0.5) is 0 Å². The molecule has 0 radical (unpaired) electrons. The van der Waals surface area contributed by atoms with E-state index in [1.54, 1.807) is 6.20 Å². The lowest BCUT2D eigenvalue weighted by Crippen LogP contribution is -2.22. The number of primary sulfonamides is 1. The molecule has 1 aliphatic rings. The zero-order chi connectivity index (χ0) is 15.0. The number of fused-ring (bicyclic) bond motifs is 1. The highest BCUT2D eigenvalue weighted by Crippen LogP contribution is 2.36. The Hall–Kier alpha value is -1.66. The highest BCUT2D eigenvalue weighted by molar-refractivity contribution is 7.89. The van der Waals surface area contributed by atoms with Gasteiger partial charge < -0.3 is 4.57 Å². The average molecular weight is 305 g/mol. The van der Waals surface area contributed by atoms with Crippen molar-refractivity contribution in [1.82, 2.24) is 9.55 Å². The molecule has 3 rings (SSSR count). The molecule has 0 fully saturated rings. The van der Waals surface area contributed by atoms with E-state index >= 15 is 0 Å². The first-order chi connectivity index (χ1) is 9.99. The first-order valence-electron chi connectivity index (χ1n) is 7.15. The Balaban J connectivity index is 1.87. The van der Waals surface area contributed by atoms with Crippen LogP contribution in [0.25, 0.3) is 0 Å². The van der Waals surface area contributed by atoms with E-state index in [4.69, 9.17) is 5.14 Å². The van der Waals surface area contributed by atoms with Crippen molar-refractivity contribution in [2.45, 2.75) is 43.7 Å². The van der Waals surface area contributed by atoms with Crippen molar-refractivity contribution in [2.24, 2.45) is 5.14 Å². The Morgan fingerprint density at radius 3 is 2.81 bits per heavy atom. The van der Waals surface area contributed by atoms with Crippen LogP contribution in [0.2, 0.25) is 0 Å². The minimum Gasteiger partial charge on any atom is -0.333 e. The molecule has 21 heavy (non-hydrogen) atoms. The van der Waals surface area contributed by atoms with Gasteiger partial charge in [-0.15, -0.1) is 0 Å². The molecular formula is C15H19N3O2S. The summed E-state index contributed by atoms with van der Waals surface area (Å²) in [6, 6.07) is 8.37. The number of sulfonamides is 1. The Morgan fingerprint density at radius 2 is 2.14 bits per heavy atom. The van der Waals surface area contributed by atoms with E-state index in [9.17, 15) is 8.42 Å². The van der Waals surface area contributed by atoms with Crippen LogP contribution in [-0.4, -0.2) is 18.0 Å². The Kier molecular flexibility index (Phi) is 3.59. The molecule has 0 amide bonds. The second kappa shape index (κ2) is 5.27. The third-order valence-electron chi connectivity index (χ3n) is 3.98. The molecule has 0 aliphatic heterocycles. The second-order valence-corrected chi connectivity index (χ2v) is 7.05. The molecule has 6 heteroatoms. The number of aromatic nitrogens is 2. The first kappa shape index (κ1) is 14.3. The molecule has 1 atom stereocenters. The smallest absolute Gasteiger partial charge is 0.257 e. The van der Waals surface area contributed by atoms with E-state index in [0.717, 1.165) is 31.6 Å². The Bertz CT molecular complexity index is 765. The van der Waals surface area contributed by atoms with Gasteiger partial charge in [0.25, 0.3) is 10.0 Å². The Morgan fingerprint density at radius 1 is 1.38 bits per heavy atom. The summed E-state index contributed by atoms with van der Waals surface area (Å²) in [5.41, 5.74) is 2.73. The van der Waals surface area contributed by atoms with Gasteiger partial charge in [0, 0.05) is 25.1 Å². The molecule has 5 nitrogen and oxygen atoms in total. The second-order valence-electron chi connectivity index (χ2n) is 5.54. The van der Waals surface area contributed by atoms with Crippen molar-refractivity contribution in [3.8, 4) is 0 Å². The normalized spacial score (nSPS) is 17.3. The third kappa shape index (κ3) is 2.73. The highest BCUT2D eigenvalue weighted by Gasteiger charge is 2.27. The van der Waals surface area contributed by atoms with Crippen molar-refractivity contribution in [3.05, 3.63) is 47.4 Å². The van der Waals surface area contributed by atoms with E-state index in [-0.39, 0.29) is 5.03 Å². The molecule has 1 heterocycles. The highest BCUT2D eigenvalue weighted by atomic mass is 32.2. The number of imidazole rings is 1. The van der Waals surface area contributed by atoms with Crippen LogP contribution in [0.5, 0.6) is 0 Å². The van der Waals surface area contributed by atoms with Crippen LogP contribution in [0, 0.1) is 0 Å². The van der Waals surface area contributed by atoms with E-state index in [0.29, 0.717) is 5.92 Å². The van der Waals surface area contributed by atoms with Crippen LogP contribution in [0.15, 0.2) is 35.5 Å². The van der Waals surface area contributed by atoms with Crippen molar-refractivity contribution in [3.63, 3.8) is 0 Å².